The normalized spacial score (nSPS) is 12.0. The first-order chi connectivity index (χ1) is 7.01. The van der Waals surface area contributed by atoms with Gasteiger partial charge in [0.05, 0.1) is 5.69 Å². The fourth-order valence-electron chi connectivity index (χ4n) is 1.08. The minimum atomic E-state index is -0.959. The van der Waals surface area contributed by atoms with Crippen molar-refractivity contribution in [1.29, 1.82) is 0 Å². The SMILES string of the molecule is C[Si](C)(C)CCOCn1ccc(CBr)n1. The van der Waals surface area contributed by atoms with Gasteiger partial charge in [-0.3, -0.25) is 0 Å². The van der Waals surface area contributed by atoms with Crippen LogP contribution in [-0.2, 0) is 16.8 Å². The summed E-state index contributed by atoms with van der Waals surface area (Å²) in [4.78, 5) is 0. The molecule has 0 aliphatic carbocycles. The van der Waals surface area contributed by atoms with E-state index in [1.54, 1.807) is 0 Å². The lowest BCUT2D eigenvalue weighted by Crippen LogP contribution is -2.22. The highest BCUT2D eigenvalue weighted by molar-refractivity contribution is 9.08. The molecule has 3 nitrogen and oxygen atoms in total. The zero-order valence-electron chi connectivity index (χ0n) is 9.66. The van der Waals surface area contributed by atoms with Gasteiger partial charge in [-0.25, -0.2) is 4.68 Å². The molecule has 0 amide bonds. The monoisotopic (exact) mass is 290 g/mol. The van der Waals surface area contributed by atoms with Crippen molar-refractivity contribution in [2.75, 3.05) is 6.61 Å². The van der Waals surface area contributed by atoms with Gasteiger partial charge in [0.25, 0.3) is 0 Å². The van der Waals surface area contributed by atoms with E-state index in [1.807, 2.05) is 16.9 Å². The second-order valence-electron chi connectivity index (χ2n) is 4.83. The van der Waals surface area contributed by atoms with Crippen LogP contribution in [0.3, 0.4) is 0 Å². The van der Waals surface area contributed by atoms with E-state index in [4.69, 9.17) is 4.74 Å². The summed E-state index contributed by atoms with van der Waals surface area (Å²) in [5, 5.41) is 5.12. The van der Waals surface area contributed by atoms with E-state index in [2.05, 4.69) is 40.7 Å². The first kappa shape index (κ1) is 12.9. The maximum Gasteiger partial charge on any atom is 0.139 e. The van der Waals surface area contributed by atoms with E-state index in [-0.39, 0.29) is 0 Å². The first-order valence-corrected chi connectivity index (χ1v) is 10.0. The topological polar surface area (TPSA) is 27.1 Å². The van der Waals surface area contributed by atoms with Crippen molar-refractivity contribution in [1.82, 2.24) is 9.78 Å². The Hall–Kier alpha value is -0.133. The number of nitrogens with zero attached hydrogens (tertiary/aromatic N) is 2. The van der Waals surface area contributed by atoms with Gasteiger partial charge in [-0.2, -0.15) is 5.10 Å². The summed E-state index contributed by atoms with van der Waals surface area (Å²) in [6.07, 6.45) is 1.95. The van der Waals surface area contributed by atoms with Gasteiger partial charge in [0.1, 0.15) is 6.73 Å². The third-order valence-corrected chi connectivity index (χ3v) is 4.33. The molecule has 15 heavy (non-hydrogen) atoms. The van der Waals surface area contributed by atoms with Crippen molar-refractivity contribution in [2.45, 2.75) is 37.7 Å². The van der Waals surface area contributed by atoms with Crippen LogP contribution in [0.1, 0.15) is 5.69 Å². The Morgan fingerprint density at radius 3 is 2.73 bits per heavy atom. The molecule has 0 radical (unpaired) electrons. The first-order valence-electron chi connectivity index (χ1n) is 5.17. The van der Waals surface area contributed by atoms with Crippen LogP contribution >= 0.6 is 15.9 Å². The van der Waals surface area contributed by atoms with Crippen molar-refractivity contribution in [3.8, 4) is 0 Å². The lowest BCUT2D eigenvalue weighted by Gasteiger charge is -2.15. The second kappa shape index (κ2) is 5.82. The summed E-state index contributed by atoms with van der Waals surface area (Å²) in [5.41, 5.74) is 1.05. The number of hydrogen-bond acceptors (Lipinski definition) is 2. The van der Waals surface area contributed by atoms with Crippen LogP contribution in [0.4, 0.5) is 0 Å². The van der Waals surface area contributed by atoms with Gasteiger partial charge in [-0.15, -0.1) is 0 Å². The molecule has 0 saturated carbocycles. The molecule has 1 rings (SSSR count). The molecule has 1 aromatic rings. The van der Waals surface area contributed by atoms with Crippen LogP contribution in [0, 0.1) is 0 Å². The Balaban J connectivity index is 2.20. The molecule has 0 unspecified atom stereocenters. The third kappa shape index (κ3) is 5.49. The molecule has 0 aromatic carbocycles. The van der Waals surface area contributed by atoms with Crippen LogP contribution in [0.25, 0.3) is 0 Å². The van der Waals surface area contributed by atoms with Gasteiger partial charge in [0.15, 0.2) is 0 Å². The Kier molecular flexibility index (Phi) is 5.02. The second-order valence-corrected chi connectivity index (χ2v) is 11.0. The van der Waals surface area contributed by atoms with Gasteiger partial charge in [-0.1, -0.05) is 35.6 Å². The van der Waals surface area contributed by atoms with E-state index < -0.39 is 8.07 Å². The molecule has 0 saturated heterocycles. The predicted molar refractivity (Wildman–Crippen MR) is 69.0 cm³/mol. The van der Waals surface area contributed by atoms with E-state index in [1.165, 1.54) is 6.04 Å². The quantitative estimate of drug-likeness (QED) is 0.457. The fraction of sp³-hybridized carbons (Fsp3) is 0.700. The van der Waals surface area contributed by atoms with Crippen molar-refractivity contribution in [3.63, 3.8) is 0 Å². The van der Waals surface area contributed by atoms with Crippen LogP contribution < -0.4 is 0 Å². The summed E-state index contributed by atoms with van der Waals surface area (Å²) in [6.45, 7) is 8.48. The molecule has 0 spiro atoms. The Bertz CT molecular complexity index is 296. The molecular weight excluding hydrogens is 272 g/mol. The number of alkyl halides is 1. The molecular formula is C10H19BrN2OSi. The zero-order chi connectivity index (χ0) is 11.3. The summed E-state index contributed by atoms with van der Waals surface area (Å²) in [5.74, 6) is 0. The molecule has 0 aliphatic heterocycles. The number of aromatic nitrogens is 2. The van der Waals surface area contributed by atoms with Gasteiger partial charge in [-0.05, 0) is 12.1 Å². The maximum atomic E-state index is 5.57. The molecule has 1 heterocycles. The lowest BCUT2D eigenvalue weighted by molar-refractivity contribution is 0.0784. The smallest absolute Gasteiger partial charge is 0.139 e. The standard InChI is InChI=1S/C10H19BrN2OSi/c1-15(2,3)7-6-14-9-13-5-4-10(8-11)12-13/h4-5H,6-9H2,1-3H3. The minimum absolute atomic E-state index is 0.567. The van der Waals surface area contributed by atoms with E-state index >= 15 is 0 Å². The highest BCUT2D eigenvalue weighted by Crippen LogP contribution is 2.08. The highest BCUT2D eigenvalue weighted by Gasteiger charge is 2.11. The van der Waals surface area contributed by atoms with Gasteiger partial charge < -0.3 is 4.74 Å². The van der Waals surface area contributed by atoms with Crippen molar-refractivity contribution in [2.24, 2.45) is 0 Å². The van der Waals surface area contributed by atoms with Crippen molar-refractivity contribution in [3.05, 3.63) is 18.0 Å². The zero-order valence-corrected chi connectivity index (χ0v) is 12.2. The molecule has 0 atom stereocenters. The van der Waals surface area contributed by atoms with E-state index in [0.717, 1.165) is 17.6 Å². The number of hydrogen-bond donors (Lipinski definition) is 0. The third-order valence-electron chi connectivity index (χ3n) is 2.05. The van der Waals surface area contributed by atoms with Crippen molar-refractivity contribution >= 4 is 24.0 Å². The van der Waals surface area contributed by atoms with Crippen LogP contribution in [0.2, 0.25) is 25.7 Å². The molecule has 5 heteroatoms. The molecule has 0 fully saturated rings. The summed E-state index contributed by atoms with van der Waals surface area (Å²) >= 11 is 3.37. The molecule has 0 bridgehead atoms. The summed E-state index contributed by atoms with van der Waals surface area (Å²) in [6, 6.07) is 3.20. The predicted octanol–water partition coefficient (Wildman–Crippen LogP) is 3.09. The van der Waals surface area contributed by atoms with Gasteiger partial charge >= 0.3 is 0 Å². The van der Waals surface area contributed by atoms with Gasteiger partial charge in [0.2, 0.25) is 0 Å². The van der Waals surface area contributed by atoms with Crippen LogP contribution in [0.15, 0.2) is 12.3 Å². The number of ether oxygens (including phenoxy) is 1. The number of rotatable bonds is 6. The fourth-order valence-corrected chi connectivity index (χ4v) is 2.14. The molecule has 0 N–H and O–H groups in total. The Morgan fingerprint density at radius 1 is 1.47 bits per heavy atom. The largest absolute Gasteiger partial charge is 0.360 e. The Labute approximate surface area is 101 Å². The summed E-state index contributed by atoms with van der Waals surface area (Å²) < 4.78 is 7.41. The van der Waals surface area contributed by atoms with Crippen LogP contribution in [0.5, 0.6) is 0 Å². The average Bonchev–Trinajstić information content (AvgIpc) is 2.59. The minimum Gasteiger partial charge on any atom is -0.360 e. The molecule has 1 aromatic heterocycles. The van der Waals surface area contributed by atoms with Crippen molar-refractivity contribution < 1.29 is 4.74 Å². The van der Waals surface area contributed by atoms with E-state index in [9.17, 15) is 0 Å². The Morgan fingerprint density at radius 2 is 2.20 bits per heavy atom. The van der Waals surface area contributed by atoms with Gasteiger partial charge in [0, 0.05) is 26.2 Å². The number of halogens is 1. The van der Waals surface area contributed by atoms with Crippen LogP contribution in [-0.4, -0.2) is 24.5 Å². The molecule has 0 aliphatic rings. The summed E-state index contributed by atoms with van der Waals surface area (Å²) in [7, 11) is -0.959. The molecule has 86 valence electrons. The average molecular weight is 291 g/mol. The highest BCUT2D eigenvalue weighted by atomic mass is 79.9. The lowest BCUT2D eigenvalue weighted by atomic mass is 10.5. The van der Waals surface area contributed by atoms with E-state index in [0.29, 0.717) is 6.73 Å². The maximum absolute atomic E-state index is 5.57.